The van der Waals surface area contributed by atoms with Crippen molar-refractivity contribution in [2.75, 3.05) is 0 Å². The smallest absolute Gasteiger partial charge is 0.255 e. The van der Waals surface area contributed by atoms with Crippen molar-refractivity contribution in [3.8, 4) is 0 Å². The van der Waals surface area contributed by atoms with Crippen molar-refractivity contribution in [3.05, 3.63) is 35.9 Å². The molecule has 0 saturated carbocycles. The van der Waals surface area contributed by atoms with Crippen LogP contribution in [0, 0.1) is 6.92 Å². The van der Waals surface area contributed by atoms with Gasteiger partial charge in [-0.3, -0.25) is 4.79 Å². The fourth-order valence-electron chi connectivity index (χ4n) is 1.22. The molecule has 0 aromatic carbocycles. The van der Waals surface area contributed by atoms with E-state index in [9.17, 15) is 4.79 Å². The molecule has 2 heterocycles. The maximum absolute atomic E-state index is 11.6. The van der Waals surface area contributed by atoms with Crippen LogP contribution in [0.5, 0.6) is 0 Å². The highest BCUT2D eigenvalue weighted by molar-refractivity contribution is 5.93. The summed E-state index contributed by atoms with van der Waals surface area (Å²) in [7, 11) is 0. The fraction of sp³-hybridized carbons (Fsp3) is 0.300. The lowest BCUT2D eigenvalue weighted by Crippen LogP contribution is -2.26. The molecule has 1 unspecified atom stereocenters. The largest absolute Gasteiger partial charge is 0.472 e. The molecule has 1 atom stereocenters. The third kappa shape index (κ3) is 2.10. The minimum atomic E-state index is -0.330. The Labute approximate surface area is 91.7 Å². The van der Waals surface area contributed by atoms with Gasteiger partial charge in [-0.25, -0.2) is 0 Å². The number of carbonyl (C=O) groups is 1. The zero-order valence-corrected chi connectivity index (χ0v) is 8.93. The number of hydrogen-bond acceptors (Lipinski definition) is 5. The highest BCUT2D eigenvalue weighted by atomic mass is 16.4. The van der Waals surface area contributed by atoms with Gasteiger partial charge in [0.15, 0.2) is 0 Å². The second kappa shape index (κ2) is 4.18. The van der Waals surface area contributed by atoms with Crippen molar-refractivity contribution in [2.45, 2.75) is 19.9 Å². The molecule has 84 valence electrons. The molecule has 0 spiro atoms. The number of aromatic nitrogens is 2. The summed E-state index contributed by atoms with van der Waals surface area (Å²) in [6.07, 6.45) is 2.82. The van der Waals surface area contributed by atoms with Crippen molar-refractivity contribution >= 4 is 5.91 Å². The van der Waals surface area contributed by atoms with E-state index in [-0.39, 0.29) is 11.9 Å². The molecular formula is C10H11N3O3. The van der Waals surface area contributed by atoms with E-state index in [0.29, 0.717) is 17.3 Å². The van der Waals surface area contributed by atoms with Gasteiger partial charge in [0, 0.05) is 6.92 Å². The van der Waals surface area contributed by atoms with Gasteiger partial charge < -0.3 is 14.2 Å². The molecule has 2 aromatic rings. The van der Waals surface area contributed by atoms with Crippen LogP contribution in [0.4, 0.5) is 0 Å². The highest BCUT2D eigenvalue weighted by Crippen LogP contribution is 2.11. The third-order valence-electron chi connectivity index (χ3n) is 2.04. The Bertz CT molecular complexity index is 475. The third-order valence-corrected chi connectivity index (χ3v) is 2.04. The number of aryl methyl sites for hydroxylation is 1. The molecule has 0 aliphatic rings. The topological polar surface area (TPSA) is 81.2 Å². The number of amides is 1. The Morgan fingerprint density at radius 2 is 2.31 bits per heavy atom. The molecule has 2 aromatic heterocycles. The van der Waals surface area contributed by atoms with Gasteiger partial charge in [0.25, 0.3) is 5.91 Å². The zero-order chi connectivity index (χ0) is 11.5. The van der Waals surface area contributed by atoms with Gasteiger partial charge >= 0.3 is 0 Å². The Morgan fingerprint density at radius 3 is 2.88 bits per heavy atom. The first kappa shape index (κ1) is 10.4. The molecule has 0 bridgehead atoms. The van der Waals surface area contributed by atoms with Gasteiger partial charge in [0.2, 0.25) is 11.8 Å². The summed E-state index contributed by atoms with van der Waals surface area (Å²) in [6, 6.07) is 1.25. The standard InChI is InChI=1S/C10H11N3O3/c1-6(10-13-12-7(2)16-10)11-9(14)8-3-4-15-5-8/h3-6H,1-2H3,(H,11,14). The molecule has 6 heteroatoms. The van der Waals surface area contributed by atoms with Crippen LogP contribution in [0.2, 0.25) is 0 Å². The summed E-state index contributed by atoms with van der Waals surface area (Å²) in [6.45, 7) is 3.46. The first-order valence-corrected chi connectivity index (χ1v) is 4.80. The van der Waals surface area contributed by atoms with E-state index in [1.54, 1.807) is 19.9 Å². The molecule has 6 nitrogen and oxygen atoms in total. The van der Waals surface area contributed by atoms with Crippen molar-refractivity contribution in [1.29, 1.82) is 0 Å². The molecule has 1 N–H and O–H groups in total. The average Bonchev–Trinajstić information content (AvgIpc) is 2.87. The normalized spacial score (nSPS) is 12.4. The second-order valence-electron chi connectivity index (χ2n) is 3.37. The average molecular weight is 221 g/mol. The number of furan rings is 1. The van der Waals surface area contributed by atoms with Crippen LogP contribution in [0.1, 0.15) is 35.1 Å². The fourth-order valence-corrected chi connectivity index (χ4v) is 1.22. The minimum absolute atomic E-state index is 0.239. The number of nitrogens with one attached hydrogen (secondary N) is 1. The van der Waals surface area contributed by atoms with E-state index in [1.165, 1.54) is 12.5 Å². The van der Waals surface area contributed by atoms with Crippen LogP contribution in [0.25, 0.3) is 0 Å². The SMILES string of the molecule is Cc1nnc(C(C)NC(=O)c2ccoc2)o1. The summed E-state index contributed by atoms with van der Waals surface area (Å²) in [5, 5.41) is 10.2. The van der Waals surface area contributed by atoms with Gasteiger partial charge in [-0.15, -0.1) is 10.2 Å². The lowest BCUT2D eigenvalue weighted by atomic mass is 10.2. The number of rotatable bonds is 3. The first-order valence-electron chi connectivity index (χ1n) is 4.80. The summed E-state index contributed by atoms with van der Waals surface area (Å²) >= 11 is 0. The highest BCUT2D eigenvalue weighted by Gasteiger charge is 2.16. The predicted octanol–water partition coefficient (Wildman–Crippen LogP) is 1.46. The van der Waals surface area contributed by atoms with E-state index in [1.807, 2.05) is 0 Å². The lowest BCUT2D eigenvalue weighted by molar-refractivity contribution is 0.0933. The number of nitrogens with zero attached hydrogens (tertiary/aromatic N) is 2. The number of carbonyl (C=O) groups excluding carboxylic acids is 1. The molecule has 0 aliphatic carbocycles. The Hall–Kier alpha value is -2.11. The van der Waals surface area contributed by atoms with Crippen molar-refractivity contribution in [2.24, 2.45) is 0 Å². The van der Waals surface area contributed by atoms with Gasteiger partial charge in [0.1, 0.15) is 12.3 Å². The van der Waals surface area contributed by atoms with Crippen LogP contribution in [-0.4, -0.2) is 16.1 Å². The molecule has 0 fully saturated rings. The molecular weight excluding hydrogens is 210 g/mol. The van der Waals surface area contributed by atoms with E-state index >= 15 is 0 Å². The lowest BCUT2D eigenvalue weighted by Gasteiger charge is -2.08. The quantitative estimate of drug-likeness (QED) is 0.848. The summed E-state index contributed by atoms with van der Waals surface area (Å²) < 4.78 is 10.0. The predicted molar refractivity (Wildman–Crippen MR) is 53.6 cm³/mol. The molecule has 0 saturated heterocycles. The zero-order valence-electron chi connectivity index (χ0n) is 8.93. The van der Waals surface area contributed by atoms with E-state index in [4.69, 9.17) is 8.83 Å². The van der Waals surface area contributed by atoms with Gasteiger partial charge in [-0.05, 0) is 13.0 Å². The van der Waals surface area contributed by atoms with Crippen LogP contribution < -0.4 is 5.32 Å². The van der Waals surface area contributed by atoms with Crippen molar-refractivity contribution in [1.82, 2.24) is 15.5 Å². The number of hydrogen-bond donors (Lipinski definition) is 1. The summed E-state index contributed by atoms with van der Waals surface area (Å²) in [4.78, 5) is 11.6. The molecule has 2 rings (SSSR count). The minimum Gasteiger partial charge on any atom is -0.472 e. The van der Waals surface area contributed by atoms with Gasteiger partial charge in [-0.1, -0.05) is 0 Å². The van der Waals surface area contributed by atoms with E-state index < -0.39 is 0 Å². The molecule has 0 radical (unpaired) electrons. The van der Waals surface area contributed by atoms with Crippen LogP contribution in [-0.2, 0) is 0 Å². The Morgan fingerprint density at radius 1 is 1.50 bits per heavy atom. The first-order chi connectivity index (χ1) is 7.66. The Balaban J connectivity index is 2.03. The maximum Gasteiger partial charge on any atom is 0.255 e. The summed E-state index contributed by atoms with van der Waals surface area (Å²) in [5.41, 5.74) is 0.461. The Kier molecular flexibility index (Phi) is 2.72. The van der Waals surface area contributed by atoms with Crippen molar-refractivity contribution in [3.63, 3.8) is 0 Å². The second-order valence-corrected chi connectivity index (χ2v) is 3.37. The van der Waals surface area contributed by atoms with Crippen LogP contribution in [0.3, 0.4) is 0 Å². The van der Waals surface area contributed by atoms with Gasteiger partial charge in [0.05, 0.1) is 11.8 Å². The summed E-state index contributed by atoms with van der Waals surface area (Å²) in [5.74, 6) is 0.617. The maximum atomic E-state index is 11.6. The molecule has 1 amide bonds. The van der Waals surface area contributed by atoms with E-state index in [0.717, 1.165) is 0 Å². The van der Waals surface area contributed by atoms with Gasteiger partial charge in [-0.2, -0.15) is 0 Å². The van der Waals surface area contributed by atoms with Crippen LogP contribution >= 0.6 is 0 Å². The van der Waals surface area contributed by atoms with E-state index in [2.05, 4.69) is 15.5 Å². The molecule has 0 aliphatic heterocycles. The van der Waals surface area contributed by atoms with Crippen molar-refractivity contribution < 1.29 is 13.6 Å². The van der Waals surface area contributed by atoms with Crippen LogP contribution in [0.15, 0.2) is 27.4 Å². The molecule has 16 heavy (non-hydrogen) atoms. The monoisotopic (exact) mass is 221 g/mol.